The average molecular weight is 325 g/mol. The predicted octanol–water partition coefficient (Wildman–Crippen LogP) is 2.37. The Morgan fingerprint density at radius 1 is 1.38 bits per heavy atom. The molecule has 0 unspecified atom stereocenters. The van der Waals surface area contributed by atoms with Crippen LogP contribution in [0.3, 0.4) is 0 Å². The van der Waals surface area contributed by atoms with Gasteiger partial charge in [-0.25, -0.2) is 4.79 Å². The molecule has 1 amide bonds. The Bertz CT molecular complexity index is 827. The SMILES string of the molecule is CC1(C)C[C@@H](NC(=O)O)CN(c2ccc(C#N)c3nccnc23)C1. The Hall–Kier alpha value is -2.88. The summed E-state index contributed by atoms with van der Waals surface area (Å²) in [6, 6.07) is 5.59. The fourth-order valence-corrected chi connectivity index (χ4v) is 3.49. The van der Waals surface area contributed by atoms with Crippen molar-refractivity contribution in [3.8, 4) is 6.07 Å². The van der Waals surface area contributed by atoms with E-state index in [0.717, 1.165) is 18.7 Å². The molecule has 3 rings (SSSR count). The summed E-state index contributed by atoms with van der Waals surface area (Å²) in [5.41, 5.74) is 2.56. The van der Waals surface area contributed by atoms with Crippen LogP contribution in [0.25, 0.3) is 11.0 Å². The molecule has 124 valence electrons. The average Bonchev–Trinajstić information content (AvgIpc) is 2.51. The molecule has 1 aromatic heterocycles. The lowest BCUT2D eigenvalue weighted by Gasteiger charge is -2.43. The minimum atomic E-state index is -1.01. The number of benzene rings is 1. The van der Waals surface area contributed by atoms with Crippen molar-refractivity contribution < 1.29 is 9.90 Å². The minimum absolute atomic E-state index is 0.0478. The van der Waals surface area contributed by atoms with Gasteiger partial charge in [0.25, 0.3) is 0 Å². The van der Waals surface area contributed by atoms with Crippen LogP contribution in [-0.4, -0.2) is 40.3 Å². The Morgan fingerprint density at radius 3 is 2.75 bits per heavy atom. The monoisotopic (exact) mass is 325 g/mol. The number of nitriles is 1. The first kappa shape index (κ1) is 16.0. The second-order valence-corrected chi connectivity index (χ2v) is 6.89. The van der Waals surface area contributed by atoms with Gasteiger partial charge in [-0.15, -0.1) is 0 Å². The van der Waals surface area contributed by atoms with Crippen molar-refractivity contribution in [3.63, 3.8) is 0 Å². The number of hydrogen-bond donors (Lipinski definition) is 2. The first-order chi connectivity index (χ1) is 11.4. The maximum absolute atomic E-state index is 11.0. The van der Waals surface area contributed by atoms with Crippen molar-refractivity contribution in [2.75, 3.05) is 18.0 Å². The van der Waals surface area contributed by atoms with E-state index < -0.39 is 6.09 Å². The molecule has 1 fully saturated rings. The van der Waals surface area contributed by atoms with Gasteiger partial charge in [0.1, 0.15) is 17.1 Å². The summed E-state index contributed by atoms with van der Waals surface area (Å²) in [5.74, 6) is 0. The Morgan fingerprint density at radius 2 is 2.08 bits per heavy atom. The maximum Gasteiger partial charge on any atom is 0.404 e. The van der Waals surface area contributed by atoms with Crippen LogP contribution < -0.4 is 10.2 Å². The number of carbonyl (C=O) groups is 1. The lowest BCUT2D eigenvalue weighted by Crippen LogP contribution is -2.53. The number of carboxylic acid groups (broad SMARTS) is 1. The highest BCUT2D eigenvalue weighted by Gasteiger charge is 2.34. The van der Waals surface area contributed by atoms with Gasteiger partial charge < -0.3 is 15.3 Å². The third-order valence-corrected chi connectivity index (χ3v) is 4.25. The van der Waals surface area contributed by atoms with E-state index in [9.17, 15) is 10.1 Å². The highest BCUT2D eigenvalue weighted by molar-refractivity contribution is 5.92. The van der Waals surface area contributed by atoms with Gasteiger partial charge in [-0.2, -0.15) is 5.26 Å². The number of rotatable bonds is 2. The van der Waals surface area contributed by atoms with E-state index >= 15 is 0 Å². The summed E-state index contributed by atoms with van der Waals surface area (Å²) < 4.78 is 0. The Balaban J connectivity index is 2.03. The zero-order valence-corrected chi connectivity index (χ0v) is 13.7. The molecule has 0 bridgehead atoms. The summed E-state index contributed by atoms with van der Waals surface area (Å²) >= 11 is 0. The molecule has 1 atom stereocenters. The van der Waals surface area contributed by atoms with Crippen molar-refractivity contribution >= 4 is 22.8 Å². The molecule has 7 nitrogen and oxygen atoms in total. The van der Waals surface area contributed by atoms with E-state index in [0.29, 0.717) is 23.1 Å². The summed E-state index contributed by atoms with van der Waals surface area (Å²) in [4.78, 5) is 21.9. The molecular formula is C17H19N5O2. The molecule has 24 heavy (non-hydrogen) atoms. The summed E-state index contributed by atoms with van der Waals surface area (Å²) in [6.45, 7) is 5.58. The molecule has 1 saturated heterocycles. The van der Waals surface area contributed by atoms with Crippen LogP contribution in [-0.2, 0) is 0 Å². The molecule has 0 saturated carbocycles. The molecule has 1 aromatic carbocycles. The van der Waals surface area contributed by atoms with Gasteiger partial charge in [0.05, 0.1) is 17.3 Å². The quantitative estimate of drug-likeness (QED) is 0.879. The largest absolute Gasteiger partial charge is 0.465 e. The van der Waals surface area contributed by atoms with E-state index in [1.807, 2.05) is 6.07 Å². The van der Waals surface area contributed by atoms with Crippen molar-refractivity contribution in [1.29, 1.82) is 5.26 Å². The molecule has 2 N–H and O–H groups in total. The third-order valence-electron chi connectivity index (χ3n) is 4.25. The zero-order valence-electron chi connectivity index (χ0n) is 13.7. The van der Waals surface area contributed by atoms with Gasteiger partial charge in [0, 0.05) is 25.5 Å². The maximum atomic E-state index is 11.0. The number of amides is 1. The van der Waals surface area contributed by atoms with Gasteiger partial charge in [0.2, 0.25) is 0 Å². The topological polar surface area (TPSA) is 102 Å². The van der Waals surface area contributed by atoms with Crippen LogP contribution in [0.1, 0.15) is 25.8 Å². The van der Waals surface area contributed by atoms with Crippen LogP contribution in [0.5, 0.6) is 0 Å². The number of fused-ring (bicyclic) bond motifs is 1. The van der Waals surface area contributed by atoms with Crippen molar-refractivity contribution in [3.05, 3.63) is 30.1 Å². The molecular weight excluding hydrogens is 306 g/mol. The predicted molar refractivity (Wildman–Crippen MR) is 89.8 cm³/mol. The van der Waals surface area contributed by atoms with E-state index in [1.165, 1.54) is 0 Å². The molecule has 0 spiro atoms. The first-order valence-electron chi connectivity index (χ1n) is 7.78. The molecule has 2 heterocycles. The molecule has 0 aliphatic carbocycles. The summed E-state index contributed by atoms with van der Waals surface area (Å²) in [6.07, 6.45) is 2.94. The van der Waals surface area contributed by atoms with Crippen molar-refractivity contribution in [2.45, 2.75) is 26.3 Å². The number of anilines is 1. The second-order valence-electron chi connectivity index (χ2n) is 6.89. The van der Waals surface area contributed by atoms with E-state index in [-0.39, 0.29) is 11.5 Å². The van der Waals surface area contributed by atoms with Gasteiger partial charge in [0.15, 0.2) is 0 Å². The van der Waals surface area contributed by atoms with Gasteiger partial charge in [-0.05, 0) is 24.0 Å². The Labute approximate surface area is 139 Å². The summed E-state index contributed by atoms with van der Waals surface area (Å²) in [5, 5.41) is 20.9. The normalized spacial score (nSPS) is 19.7. The number of aromatic nitrogens is 2. The van der Waals surface area contributed by atoms with E-state index in [1.54, 1.807) is 18.5 Å². The van der Waals surface area contributed by atoms with Gasteiger partial charge >= 0.3 is 6.09 Å². The van der Waals surface area contributed by atoms with Gasteiger partial charge in [-0.1, -0.05) is 13.8 Å². The van der Waals surface area contributed by atoms with Crippen LogP contribution in [0.4, 0.5) is 10.5 Å². The van der Waals surface area contributed by atoms with E-state index in [4.69, 9.17) is 5.11 Å². The molecule has 1 aliphatic rings. The van der Waals surface area contributed by atoms with Crippen LogP contribution in [0.15, 0.2) is 24.5 Å². The fraction of sp³-hybridized carbons (Fsp3) is 0.412. The standard InChI is InChI=1S/C17H19N5O2/c1-17(2)7-12(21-16(23)24)9-22(10-17)13-4-3-11(8-18)14-15(13)20-6-5-19-14/h3-6,12,21H,7,9-10H2,1-2H3,(H,23,24)/t12-/m1/s1. The molecule has 7 heteroatoms. The fourth-order valence-electron chi connectivity index (χ4n) is 3.49. The first-order valence-corrected chi connectivity index (χ1v) is 7.78. The van der Waals surface area contributed by atoms with Crippen molar-refractivity contribution in [2.24, 2.45) is 5.41 Å². The smallest absolute Gasteiger partial charge is 0.404 e. The van der Waals surface area contributed by atoms with Crippen LogP contribution >= 0.6 is 0 Å². The Kier molecular flexibility index (Phi) is 3.97. The summed E-state index contributed by atoms with van der Waals surface area (Å²) in [7, 11) is 0. The lowest BCUT2D eigenvalue weighted by molar-refractivity contribution is 0.178. The lowest BCUT2D eigenvalue weighted by atomic mass is 9.81. The second kappa shape index (κ2) is 5.96. The minimum Gasteiger partial charge on any atom is -0.465 e. The van der Waals surface area contributed by atoms with E-state index in [2.05, 4.69) is 40.1 Å². The van der Waals surface area contributed by atoms with Gasteiger partial charge in [-0.3, -0.25) is 9.97 Å². The van der Waals surface area contributed by atoms with Crippen molar-refractivity contribution in [1.82, 2.24) is 15.3 Å². The number of piperidine rings is 1. The zero-order chi connectivity index (χ0) is 17.3. The number of nitrogens with zero attached hydrogens (tertiary/aromatic N) is 4. The van der Waals surface area contributed by atoms with Crippen LogP contribution in [0, 0.1) is 16.7 Å². The molecule has 1 aliphatic heterocycles. The molecule has 0 radical (unpaired) electrons. The highest BCUT2D eigenvalue weighted by atomic mass is 16.4. The molecule has 2 aromatic rings. The number of hydrogen-bond acceptors (Lipinski definition) is 5. The highest BCUT2D eigenvalue weighted by Crippen LogP contribution is 2.34. The van der Waals surface area contributed by atoms with Crippen LogP contribution in [0.2, 0.25) is 0 Å². The third kappa shape index (κ3) is 3.08. The number of nitrogens with one attached hydrogen (secondary N) is 1.